The molecule has 94 valence electrons. The standard InChI is InChI=1S/C15H22FN/c1-3-17-15-8-7-13(11(15)2)9-12-5-4-6-14(16)10-12/h4-6,10-11,13,15,17H,3,7-9H2,1-2H3. The van der Waals surface area contributed by atoms with Gasteiger partial charge in [-0.1, -0.05) is 26.0 Å². The zero-order valence-corrected chi connectivity index (χ0v) is 10.7. The van der Waals surface area contributed by atoms with Crippen molar-refractivity contribution >= 4 is 0 Å². The number of hydrogen-bond donors (Lipinski definition) is 1. The first kappa shape index (κ1) is 12.6. The third kappa shape index (κ3) is 3.06. The summed E-state index contributed by atoms with van der Waals surface area (Å²) in [4.78, 5) is 0. The highest BCUT2D eigenvalue weighted by atomic mass is 19.1. The maximum atomic E-state index is 13.1. The summed E-state index contributed by atoms with van der Waals surface area (Å²) in [5.74, 6) is 1.27. The Morgan fingerprint density at radius 3 is 2.88 bits per heavy atom. The summed E-state index contributed by atoms with van der Waals surface area (Å²) < 4.78 is 13.1. The van der Waals surface area contributed by atoms with Gasteiger partial charge in [-0.2, -0.15) is 0 Å². The van der Waals surface area contributed by atoms with E-state index in [4.69, 9.17) is 0 Å². The van der Waals surface area contributed by atoms with Gasteiger partial charge in [0.2, 0.25) is 0 Å². The fraction of sp³-hybridized carbons (Fsp3) is 0.600. The van der Waals surface area contributed by atoms with Gasteiger partial charge in [-0.25, -0.2) is 4.39 Å². The van der Waals surface area contributed by atoms with Crippen molar-refractivity contribution in [3.8, 4) is 0 Å². The second-order valence-corrected chi connectivity index (χ2v) is 5.19. The molecular weight excluding hydrogens is 213 g/mol. The van der Waals surface area contributed by atoms with Crippen LogP contribution in [0.15, 0.2) is 24.3 Å². The lowest BCUT2D eigenvalue weighted by atomic mass is 9.89. The van der Waals surface area contributed by atoms with Crippen LogP contribution in [0.1, 0.15) is 32.3 Å². The van der Waals surface area contributed by atoms with E-state index in [1.165, 1.54) is 18.9 Å². The lowest BCUT2D eigenvalue weighted by molar-refractivity contribution is 0.355. The van der Waals surface area contributed by atoms with Gasteiger partial charge in [-0.15, -0.1) is 0 Å². The molecule has 0 amide bonds. The van der Waals surface area contributed by atoms with Crippen molar-refractivity contribution in [3.05, 3.63) is 35.6 Å². The lowest BCUT2D eigenvalue weighted by Crippen LogP contribution is -2.32. The van der Waals surface area contributed by atoms with E-state index in [9.17, 15) is 4.39 Å². The summed E-state index contributed by atoms with van der Waals surface area (Å²) in [5, 5.41) is 3.55. The molecule has 2 rings (SSSR count). The van der Waals surface area contributed by atoms with E-state index < -0.39 is 0 Å². The van der Waals surface area contributed by atoms with E-state index in [1.807, 2.05) is 12.1 Å². The Hall–Kier alpha value is -0.890. The molecule has 17 heavy (non-hydrogen) atoms. The highest BCUT2D eigenvalue weighted by Gasteiger charge is 2.31. The van der Waals surface area contributed by atoms with Crippen molar-refractivity contribution in [2.45, 2.75) is 39.2 Å². The summed E-state index contributed by atoms with van der Waals surface area (Å²) in [7, 11) is 0. The Bertz CT molecular complexity index is 364. The molecule has 2 heteroatoms. The van der Waals surface area contributed by atoms with Gasteiger partial charge in [0.1, 0.15) is 5.82 Å². The van der Waals surface area contributed by atoms with Crippen LogP contribution in [0.2, 0.25) is 0 Å². The van der Waals surface area contributed by atoms with E-state index in [-0.39, 0.29) is 5.82 Å². The highest BCUT2D eigenvalue weighted by Crippen LogP contribution is 2.34. The average Bonchev–Trinajstić information content (AvgIpc) is 2.62. The normalized spacial score (nSPS) is 28.5. The van der Waals surface area contributed by atoms with Crippen molar-refractivity contribution in [1.82, 2.24) is 5.32 Å². The first-order valence-corrected chi connectivity index (χ1v) is 6.68. The van der Waals surface area contributed by atoms with Gasteiger partial charge in [0.15, 0.2) is 0 Å². The van der Waals surface area contributed by atoms with Crippen molar-refractivity contribution in [2.24, 2.45) is 11.8 Å². The van der Waals surface area contributed by atoms with Crippen molar-refractivity contribution < 1.29 is 4.39 Å². The fourth-order valence-electron chi connectivity index (χ4n) is 3.05. The zero-order chi connectivity index (χ0) is 12.3. The van der Waals surface area contributed by atoms with Gasteiger partial charge in [0.25, 0.3) is 0 Å². The lowest BCUT2D eigenvalue weighted by Gasteiger charge is -2.21. The number of rotatable bonds is 4. The van der Waals surface area contributed by atoms with E-state index in [2.05, 4.69) is 19.2 Å². The molecule has 0 aliphatic heterocycles. The predicted molar refractivity (Wildman–Crippen MR) is 69.5 cm³/mol. The molecule has 0 aromatic heterocycles. The average molecular weight is 235 g/mol. The Morgan fingerprint density at radius 1 is 1.35 bits per heavy atom. The first-order valence-electron chi connectivity index (χ1n) is 6.68. The molecule has 0 spiro atoms. The van der Waals surface area contributed by atoms with Crippen LogP contribution in [-0.4, -0.2) is 12.6 Å². The summed E-state index contributed by atoms with van der Waals surface area (Å²) in [5.41, 5.74) is 1.14. The van der Waals surface area contributed by atoms with Crippen LogP contribution in [0.3, 0.4) is 0 Å². The molecule has 1 aliphatic rings. The molecule has 0 bridgehead atoms. The van der Waals surface area contributed by atoms with E-state index in [0.29, 0.717) is 17.9 Å². The van der Waals surface area contributed by atoms with Crippen LogP contribution in [-0.2, 0) is 6.42 Å². The Morgan fingerprint density at radius 2 is 2.18 bits per heavy atom. The molecule has 1 aromatic carbocycles. The van der Waals surface area contributed by atoms with Crippen molar-refractivity contribution in [1.29, 1.82) is 0 Å². The molecule has 1 aliphatic carbocycles. The molecule has 3 atom stereocenters. The van der Waals surface area contributed by atoms with Crippen molar-refractivity contribution in [2.75, 3.05) is 6.54 Å². The quantitative estimate of drug-likeness (QED) is 0.843. The smallest absolute Gasteiger partial charge is 0.123 e. The third-order valence-electron chi connectivity index (χ3n) is 4.08. The number of benzene rings is 1. The molecule has 1 N–H and O–H groups in total. The number of hydrogen-bond acceptors (Lipinski definition) is 1. The molecular formula is C15H22FN. The SMILES string of the molecule is CCNC1CCC(Cc2cccc(F)c2)C1C. The van der Waals surface area contributed by atoms with Gasteiger partial charge < -0.3 is 5.32 Å². The monoisotopic (exact) mass is 235 g/mol. The predicted octanol–water partition coefficient (Wildman–Crippen LogP) is 3.39. The van der Waals surface area contributed by atoms with E-state index in [0.717, 1.165) is 18.5 Å². The van der Waals surface area contributed by atoms with Gasteiger partial charge >= 0.3 is 0 Å². The number of nitrogens with one attached hydrogen (secondary N) is 1. The molecule has 1 fully saturated rings. The number of halogens is 1. The minimum Gasteiger partial charge on any atom is -0.314 e. The van der Waals surface area contributed by atoms with Gasteiger partial charge in [-0.05, 0) is 55.3 Å². The topological polar surface area (TPSA) is 12.0 Å². The largest absolute Gasteiger partial charge is 0.314 e. The Balaban J connectivity index is 1.96. The summed E-state index contributed by atoms with van der Waals surface area (Å²) in [6.45, 7) is 5.53. The molecule has 0 saturated heterocycles. The van der Waals surface area contributed by atoms with Gasteiger partial charge in [0, 0.05) is 6.04 Å². The first-order chi connectivity index (χ1) is 8.20. The fourth-order valence-corrected chi connectivity index (χ4v) is 3.05. The van der Waals surface area contributed by atoms with Gasteiger partial charge in [0.05, 0.1) is 0 Å². The molecule has 1 saturated carbocycles. The summed E-state index contributed by atoms with van der Waals surface area (Å²) >= 11 is 0. The van der Waals surface area contributed by atoms with Crippen LogP contribution in [0, 0.1) is 17.7 Å². The maximum Gasteiger partial charge on any atom is 0.123 e. The highest BCUT2D eigenvalue weighted by molar-refractivity contribution is 5.17. The molecule has 1 aromatic rings. The van der Waals surface area contributed by atoms with Crippen molar-refractivity contribution in [3.63, 3.8) is 0 Å². The van der Waals surface area contributed by atoms with E-state index >= 15 is 0 Å². The van der Waals surface area contributed by atoms with Crippen LogP contribution < -0.4 is 5.32 Å². The molecule has 3 unspecified atom stereocenters. The van der Waals surface area contributed by atoms with Gasteiger partial charge in [-0.3, -0.25) is 0 Å². The Labute approximate surface area is 103 Å². The van der Waals surface area contributed by atoms with Crippen LogP contribution in [0.5, 0.6) is 0 Å². The second-order valence-electron chi connectivity index (χ2n) is 5.19. The molecule has 1 nitrogen and oxygen atoms in total. The summed E-state index contributed by atoms with van der Waals surface area (Å²) in [6, 6.07) is 7.69. The second kappa shape index (κ2) is 5.63. The minimum absolute atomic E-state index is 0.114. The molecule has 0 radical (unpaired) electrons. The van der Waals surface area contributed by atoms with Crippen LogP contribution in [0.4, 0.5) is 4.39 Å². The van der Waals surface area contributed by atoms with E-state index in [1.54, 1.807) is 6.07 Å². The Kier molecular flexibility index (Phi) is 4.16. The molecule has 0 heterocycles. The maximum absolute atomic E-state index is 13.1. The zero-order valence-electron chi connectivity index (χ0n) is 10.7. The third-order valence-corrected chi connectivity index (χ3v) is 4.08. The van der Waals surface area contributed by atoms with Crippen LogP contribution in [0.25, 0.3) is 0 Å². The van der Waals surface area contributed by atoms with Crippen LogP contribution >= 0.6 is 0 Å². The summed E-state index contributed by atoms with van der Waals surface area (Å²) in [6.07, 6.45) is 3.53. The minimum atomic E-state index is -0.114.